The number of aromatic nitrogens is 1. The topological polar surface area (TPSA) is 42.0 Å². The lowest BCUT2D eigenvalue weighted by atomic mass is 9.86. The van der Waals surface area contributed by atoms with Crippen LogP contribution in [0.4, 0.5) is 0 Å². The molecule has 0 bridgehead atoms. The molecule has 1 aromatic heterocycles. The quantitative estimate of drug-likeness (QED) is 0.770. The molecule has 2 aromatic rings. The maximum absolute atomic E-state index is 12.5. The molecule has 3 rings (SSSR count). The Morgan fingerprint density at radius 2 is 1.80 bits per heavy atom. The highest BCUT2D eigenvalue weighted by Crippen LogP contribution is 2.28. The Balaban J connectivity index is 1.57. The number of nitrogens with one attached hydrogen (secondary N) is 1. The van der Waals surface area contributed by atoms with Crippen molar-refractivity contribution in [3.63, 3.8) is 0 Å². The average molecular weight is 336 g/mol. The molecule has 0 saturated heterocycles. The molecule has 1 N–H and O–H groups in total. The first-order valence-electron chi connectivity index (χ1n) is 9.58. The fraction of sp³-hybridized carbons (Fsp3) is 0.455. The molecule has 1 aliphatic carbocycles. The Hall–Kier alpha value is -2.16. The lowest BCUT2D eigenvalue weighted by Gasteiger charge is -2.22. The fourth-order valence-corrected chi connectivity index (χ4v) is 3.78. The predicted octanol–water partition coefficient (Wildman–Crippen LogP) is 5.04. The third-order valence-corrected chi connectivity index (χ3v) is 5.16. The summed E-state index contributed by atoms with van der Waals surface area (Å²) >= 11 is 0. The van der Waals surface area contributed by atoms with E-state index in [0.717, 1.165) is 23.6 Å². The lowest BCUT2D eigenvalue weighted by molar-refractivity contribution is -0.121. The second-order valence-electron chi connectivity index (χ2n) is 7.06. The van der Waals surface area contributed by atoms with Crippen molar-refractivity contribution < 1.29 is 4.79 Å². The van der Waals surface area contributed by atoms with Crippen molar-refractivity contribution in [1.29, 1.82) is 0 Å². The SMILES string of the molecule is O=C(CCCC1CCCCC1)NC(c1ccccc1)c1ccccn1. The Labute approximate surface area is 150 Å². The van der Waals surface area contributed by atoms with Gasteiger partial charge in [0.05, 0.1) is 11.7 Å². The molecule has 1 fully saturated rings. The van der Waals surface area contributed by atoms with Gasteiger partial charge in [-0.05, 0) is 36.5 Å². The minimum atomic E-state index is -0.176. The van der Waals surface area contributed by atoms with Crippen LogP contribution in [0.3, 0.4) is 0 Å². The van der Waals surface area contributed by atoms with Crippen LogP contribution in [-0.2, 0) is 4.79 Å². The molecule has 3 heteroatoms. The molecule has 0 spiro atoms. The smallest absolute Gasteiger partial charge is 0.220 e. The van der Waals surface area contributed by atoms with Gasteiger partial charge in [-0.3, -0.25) is 9.78 Å². The lowest BCUT2D eigenvalue weighted by Crippen LogP contribution is -2.29. The van der Waals surface area contributed by atoms with E-state index in [0.29, 0.717) is 6.42 Å². The van der Waals surface area contributed by atoms with Crippen molar-refractivity contribution in [3.8, 4) is 0 Å². The summed E-state index contributed by atoms with van der Waals surface area (Å²) in [5.41, 5.74) is 1.95. The zero-order valence-electron chi connectivity index (χ0n) is 14.9. The van der Waals surface area contributed by atoms with Gasteiger partial charge in [-0.25, -0.2) is 0 Å². The summed E-state index contributed by atoms with van der Waals surface area (Å²) in [5.74, 6) is 0.956. The van der Waals surface area contributed by atoms with Crippen LogP contribution in [-0.4, -0.2) is 10.9 Å². The Bertz CT molecular complexity index is 596. The first-order valence-corrected chi connectivity index (χ1v) is 9.58. The Morgan fingerprint density at radius 3 is 2.52 bits per heavy atom. The van der Waals surface area contributed by atoms with Crippen LogP contribution in [0.25, 0.3) is 0 Å². The van der Waals surface area contributed by atoms with Crippen LogP contribution in [0, 0.1) is 5.92 Å². The van der Waals surface area contributed by atoms with E-state index in [9.17, 15) is 4.79 Å². The highest BCUT2D eigenvalue weighted by molar-refractivity contribution is 5.76. The van der Waals surface area contributed by atoms with E-state index >= 15 is 0 Å². The van der Waals surface area contributed by atoms with E-state index < -0.39 is 0 Å². The predicted molar refractivity (Wildman–Crippen MR) is 101 cm³/mol. The molecule has 1 aliphatic rings. The number of pyridine rings is 1. The van der Waals surface area contributed by atoms with Crippen molar-refractivity contribution in [1.82, 2.24) is 10.3 Å². The highest BCUT2D eigenvalue weighted by atomic mass is 16.1. The Morgan fingerprint density at radius 1 is 1.04 bits per heavy atom. The Kier molecular flexibility index (Phi) is 6.61. The number of benzene rings is 1. The number of rotatable bonds is 7. The van der Waals surface area contributed by atoms with Gasteiger partial charge in [-0.1, -0.05) is 68.5 Å². The molecule has 0 radical (unpaired) electrons. The van der Waals surface area contributed by atoms with Crippen molar-refractivity contribution in [2.24, 2.45) is 5.92 Å². The second kappa shape index (κ2) is 9.36. The molecule has 1 unspecified atom stereocenters. The van der Waals surface area contributed by atoms with Gasteiger partial charge in [0.15, 0.2) is 0 Å². The summed E-state index contributed by atoms with van der Waals surface area (Å²) in [6, 6.07) is 15.7. The summed E-state index contributed by atoms with van der Waals surface area (Å²) in [4.78, 5) is 17.0. The van der Waals surface area contributed by atoms with Gasteiger partial charge in [0.1, 0.15) is 0 Å². The van der Waals surface area contributed by atoms with Gasteiger partial charge >= 0.3 is 0 Å². The summed E-state index contributed by atoms with van der Waals surface area (Å²) in [7, 11) is 0. The maximum Gasteiger partial charge on any atom is 0.220 e. The molecule has 132 valence electrons. The minimum absolute atomic E-state index is 0.121. The number of carbonyl (C=O) groups is 1. The van der Waals surface area contributed by atoms with Crippen LogP contribution in [0.5, 0.6) is 0 Å². The molecule has 25 heavy (non-hydrogen) atoms. The highest BCUT2D eigenvalue weighted by Gasteiger charge is 2.18. The van der Waals surface area contributed by atoms with E-state index in [4.69, 9.17) is 0 Å². The van der Waals surface area contributed by atoms with Crippen LogP contribution in [0.1, 0.15) is 68.7 Å². The minimum Gasteiger partial charge on any atom is -0.344 e. The normalized spacial score (nSPS) is 16.3. The van der Waals surface area contributed by atoms with Gasteiger partial charge < -0.3 is 5.32 Å². The third kappa shape index (κ3) is 5.42. The monoisotopic (exact) mass is 336 g/mol. The molecule has 1 amide bonds. The number of amides is 1. The maximum atomic E-state index is 12.5. The molecule has 0 aliphatic heterocycles. The molecule has 3 nitrogen and oxygen atoms in total. The van der Waals surface area contributed by atoms with Crippen molar-refractivity contribution in [2.45, 2.75) is 57.4 Å². The first-order chi connectivity index (χ1) is 12.3. The third-order valence-electron chi connectivity index (χ3n) is 5.16. The van der Waals surface area contributed by atoms with E-state index in [2.05, 4.69) is 10.3 Å². The van der Waals surface area contributed by atoms with Crippen LogP contribution < -0.4 is 5.32 Å². The number of nitrogens with zero attached hydrogens (tertiary/aromatic N) is 1. The summed E-state index contributed by atoms with van der Waals surface area (Å²) in [6.45, 7) is 0. The van der Waals surface area contributed by atoms with Crippen molar-refractivity contribution in [2.75, 3.05) is 0 Å². The standard InChI is InChI=1S/C22H28N2O/c25-21(16-9-12-18-10-3-1-4-11-18)24-22(19-13-5-2-6-14-19)20-15-7-8-17-23-20/h2,5-8,13-15,17-18,22H,1,3-4,9-12,16H2,(H,24,25). The summed E-state index contributed by atoms with van der Waals surface area (Å²) in [5, 5.41) is 3.19. The van der Waals surface area contributed by atoms with Gasteiger partial charge in [-0.15, -0.1) is 0 Å². The van der Waals surface area contributed by atoms with E-state index in [1.54, 1.807) is 6.20 Å². The summed E-state index contributed by atoms with van der Waals surface area (Å²) in [6.07, 6.45) is 11.4. The molecule has 1 heterocycles. The number of hydrogen-bond acceptors (Lipinski definition) is 2. The van der Waals surface area contributed by atoms with Crippen LogP contribution in [0.15, 0.2) is 54.7 Å². The van der Waals surface area contributed by atoms with Gasteiger partial charge in [0.25, 0.3) is 0 Å². The molecular weight excluding hydrogens is 308 g/mol. The average Bonchev–Trinajstić information content (AvgIpc) is 2.68. The molecule has 1 aromatic carbocycles. The number of hydrogen-bond donors (Lipinski definition) is 1. The molecular formula is C22H28N2O. The first kappa shape index (κ1) is 17.7. The van der Waals surface area contributed by atoms with Gasteiger partial charge in [0.2, 0.25) is 5.91 Å². The fourth-order valence-electron chi connectivity index (χ4n) is 3.78. The van der Waals surface area contributed by atoms with Crippen LogP contribution >= 0.6 is 0 Å². The number of carbonyl (C=O) groups excluding carboxylic acids is 1. The van der Waals surface area contributed by atoms with E-state index in [1.165, 1.54) is 38.5 Å². The van der Waals surface area contributed by atoms with E-state index in [-0.39, 0.29) is 11.9 Å². The zero-order valence-corrected chi connectivity index (χ0v) is 14.9. The largest absolute Gasteiger partial charge is 0.344 e. The molecule has 1 atom stereocenters. The van der Waals surface area contributed by atoms with Gasteiger partial charge in [-0.2, -0.15) is 0 Å². The van der Waals surface area contributed by atoms with E-state index in [1.807, 2.05) is 48.5 Å². The van der Waals surface area contributed by atoms with Crippen molar-refractivity contribution in [3.05, 3.63) is 66.0 Å². The second-order valence-corrected chi connectivity index (χ2v) is 7.06. The van der Waals surface area contributed by atoms with Gasteiger partial charge in [0, 0.05) is 12.6 Å². The summed E-state index contributed by atoms with van der Waals surface area (Å²) < 4.78 is 0. The molecule has 1 saturated carbocycles. The van der Waals surface area contributed by atoms with Crippen molar-refractivity contribution >= 4 is 5.91 Å². The van der Waals surface area contributed by atoms with Crippen LogP contribution in [0.2, 0.25) is 0 Å². The zero-order chi connectivity index (χ0) is 17.3.